The van der Waals surface area contributed by atoms with Gasteiger partial charge in [0.15, 0.2) is 0 Å². The molecule has 3 rings (SSSR count). The SMILES string of the molecule is C1CCc2c(noc2C2CCNCC2)C1.Cl. The van der Waals surface area contributed by atoms with Crippen LogP contribution in [0.1, 0.15) is 48.6 Å². The lowest BCUT2D eigenvalue weighted by Gasteiger charge is -2.21. The molecule has 1 fully saturated rings. The predicted octanol–water partition coefficient (Wildman–Crippen LogP) is 2.44. The fourth-order valence-corrected chi connectivity index (χ4v) is 2.82. The van der Waals surface area contributed by atoms with Gasteiger partial charge < -0.3 is 9.84 Å². The van der Waals surface area contributed by atoms with Gasteiger partial charge in [0.2, 0.25) is 0 Å². The van der Waals surface area contributed by atoms with Crippen LogP contribution in [0.3, 0.4) is 0 Å². The summed E-state index contributed by atoms with van der Waals surface area (Å²) in [5.74, 6) is 1.84. The quantitative estimate of drug-likeness (QED) is 0.822. The standard InChI is InChI=1S/C12H18N2O.ClH/c1-2-4-11-10(3-1)12(15-14-11)9-5-7-13-8-6-9;/h9,13H,1-8H2;1H. The van der Waals surface area contributed by atoms with E-state index in [2.05, 4.69) is 10.5 Å². The van der Waals surface area contributed by atoms with Crippen LogP contribution in [-0.4, -0.2) is 18.2 Å². The highest BCUT2D eigenvalue weighted by Crippen LogP contribution is 2.33. The minimum Gasteiger partial charge on any atom is -0.361 e. The van der Waals surface area contributed by atoms with Gasteiger partial charge in [-0.3, -0.25) is 0 Å². The number of rotatable bonds is 1. The zero-order valence-corrected chi connectivity index (χ0v) is 10.3. The van der Waals surface area contributed by atoms with E-state index in [-0.39, 0.29) is 12.4 Å². The van der Waals surface area contributed by atoms with Crippen LogP contribution in [0.4, 0.5) is 0 Å². The highest BCUT2D eigenvalue weighted by Gasteiger charge is 2.26. The summed E-state index contributed by atoms with van der Waals surface area (Å²) in [7, 11) is 0. The Labute approximate surface area is 102 Å². The molecule has 0 radical (unpaired) electrons. The van der Waals surface area contributed by atoms with Gasteiger partial charge in [-0.25, -0.2) is 0 Å². The molecule has 16 heavy (non-hydrogen) atoms. The van der Waals surface area contributed by atoms with E-state index in [1.54, 1.807) is 0 Å². The third kappa shape index (κ3) is 2.11. The molecule has 1 aromatic rings. The molecule has 0 unspecified atom stereocenters. The molecule has 0 spiro atoms. The second-order valence-corrected chi connectivity index (χ2v) is 4.70. The first-order chi connectivity index (χ1) is 7.45. The second kappa shape index (κ2) is 5.19. The Morgan fingerprint density at radius 3 is 2.69 bits per heavy atom. The molecule has 2 heterocycles. The van der Waals surface area contributed by atoms with Crippen molar-refractivity contribution in [3.63, 3.8) is 0 Å². The Hall–Kier alpha value is -0.540. The van der Waals surface area contributed by atoms with Crippen LogP contribution in [0.2, 0.25) is 0 Å². The van der Waals surface area contributed by atoms with Gasteiger partial charge in [0, 0.05) is 11.5 Å². The molecule has 90 valence electrons. The van der Waals surface area contributed by atoms with E-state index in [1.807, 2.05) is 0 Å². The molecule has 1 aliphatic carbocycles. The van der Waals surface area contributed by atoms with Gasteiger partial charge in [0.25, 0.3) is 0 Å². The molecule has 0 amide bonds. The third-order valence-electron chi connectivity index (χ3n) is 3.70. The fraction of sp³-hybridized carbons (Fsp3) is 0.750. The van der Waals surface area contributed by atoms with Crippen molar-refractivity contribution in [2.24, 2.45) is 0 Å². The summed E-state index contributed by atoms with van der Waals surface area (Å²) >= 11 is 0. The molecule has 0 bridgehead atoms. The van der Waals surface area contributed by atoms with Crippen molar-refractivity contribution in [2.75, 3.05) is 13.1 Å². The Bertz CT molecular complexity index is 345. The Morgan fingerprint density at radius 1 is 1.12 bits per heavy atom. The molecular weight excluding hydrogens is 224 g/mol. The smallest absolute Gasteiger partial charge is 0.143 e. The average molecular weight is 243 g/mol. The number of hydrogen-bond donors (Lipinski definition) is 1. The summed E-state index contributed by atoms with van der Waals surface area (Å²) in [5.41, 5.74) is 2.70. The third-order valence-corrected chi connectivity index (χ3v) is 3.70. The van der Waals surface area contributed by atoms with Crippen LogP contribution in [0.15, 0.2) is 4.52 Å². The van der Waals surface area contributed by atoms with Crippen molar-refractivity contribution >= 4 is 12.4 Å². The molecule has 1 saturated heterocycles. The van der Waals surface area contributed by atoms with E-state index in [4.69, 9.17) is 4.52 Å². The normalized spacial score (nSPS) is 21.2. The van der Waals surface area contributed by atoms with E-state index in [0.717, 1.165) is 19.5 Å². The molecule has 3 nitrogen and oxygen atoms in total. The summed E-state index contributed by atoms with van der Waals surface area (Å²) < 4.78 is 5.58. The molecule has 0 atom stereocenters. The number of piperidine rings is 1. The van der Waals surface area contributed by atoms with Crippen molar-refractivity contribution in [2.45, 2.75) is 44.4 Å². The largest absolute Gasteiger partial charge is 0.361 e. The zero-order valence-electron chi connectivity index (χ0n) is 9.50. The Kier molecular flexibility index (Phi) is 3.87. The van der Waals surface area contributed by atoms with Crippen LogP contribution in [0, 0.1) is 0 Å². The highest BCUT2D eigenvalue weighted by atomic mass is 35.5. The molecule has 0 saturated carbocycles. The van der Waals surface area contributed by atoms with Crippen molar-refractivity contribution in [1.29, 1.82) is 0 Å². The summed E-state index contributed by atoms with van der Waals surface area (Å²) in [6.07, 6.45) is 7.34. The molecule has 1 aliphatic heterocycles. The van der Waals surface area contributed by atoms with Crippen LogP contribution in [0.25, 0.3) is 0 Å². The van der Waals surface area contributed by atoms with Crippen molar-refractivity contribution in [3.05, 3.63) is 17.0 Å². The fourth-order valence-electron chi connectivity index (χ4n) is 2.82. The zero-order chi connectivity index (χ0) is 10.1. The van der Waals surface area contributed by atoms with Gasteiger partial charge >= 0.3 is 0 Å². The maximum absolute atomic E-state index is 5.58. The highest BCUT2D eigenvalue weighted by molar-refractivity contribution is 5.85. The molecule has 0 aromatic carbocycles. The van der Waals surface area contributed by atoms with Gasteiger partial charge in [0.05, 0.1) is 5.69 Å². The average Bonchev–Trinajstić information content (AvgIpc) is 2.74. The Balaban J connectivity index is 0.000000963. The number of nitrogens with one attached hydrogen (secondary N) is 1. The summed E-state index contributed by atoms with van der Waals surface area (Å²) in [4.78, 5) is 0. The number of nitrogens with zero attached hydrogens (tertiary/aromatic N) is 1. The van der Waals surface area contributed by atoms with E-state index in [0.29, 0.717) is 5.92 Å². The van der Waals surface area contributed by atoms with Crippen LogP contribution in [0.5, 0.6) is 0 Å². The number of aromatic nitrogens is 1. The van der Waals surface area contributed by atoms with Gasteiger partial charge in [-0.15, -0.1) is 12.4 Å². The lowest BCUT2D eigenvalue weighted by Crippen LogP contribution is -2.27. The maximum Gasteiger partial charge on any atom is 0.143 e. The Morgan fingerprint density at radius 2 is 1.88 bits per heavy atom. The van der Waals surface area contributed by atoms with E-state index < -0.39 is 0 Å². The molecular formula is C12H19ClN2O. The number of fused-ring (bicyclic) bond motifs is 1. The monoisotopic (exact) mass is 242 g/mol. The van der Waals surface area contributed by atoms with E-state index in [1.165, 1.54) is 49.1 Å². The van der Waals surface area contributed by atoms with Gasteiger partial charge in [-0.05, 0) is 51.6 Å². The van der Waals surface area contributed by atoms with E-state index >= 15 is 0 Å². The predicted molar refractivity (Wildman–Crippen MR) is 65.2 cm³/mol. The van der Waals surface area contributed by atoms with Gasteiger partial charge in [-0.2, -0.15) is 0 Å². The van der Waals surface area contributed by atoms with Crippen molar-refractivity contribution < 1.29 is 4.52 Å². The molecule has 1 N–H and O–H groups in total. The first-order valence-corrected chi connectivity index (χ1v) is 6.13. The maximum atomic E-state index is 5.58. The van der Waals surface area contributed by atoms with Crippen LogP contribution < -0.4 is 5.32 Å². The van der Waals surface area contributed by atoms with Crippen LogP contribution in [-0.2, 0) is 12.8 Å². The number of aryl methyl sites for hydroxylation is 1. The van der Waals surface area contributed by atoms with E-state index in [9.17, 15) is 0 Å². The lowest BCUT2D eigenvalue weighted by molar-refractivity contribution is 0.324. The minimum absolute atomic E-state index is 0. The second-order valence-electron chi connectivity index (χ2n) is 4.70. The molecule has 4 heteroatoms. The molecule has 1 aromatic heterocycles. The van der Waals surface area contributed by atoms with Crippen molar-refractivity contribution in [1.82, 2.24) is 10.5 Å². The van der Waals surface area contributed by atoms with Crippen molar-refractivity contribution in [3.8, 4) is 0 Å². The lowest BCUT2D eigenvalue weighted by atomic mass is 9.88. The summed E-state index contributed by atoms with van der Waals surface area (Å²) in [6, 6.07) is 0. The van der Waals surface area contributed by atoms with Crippen LogP contribution >= 0.6 is 12.4 Å². The number of hydrogen-bond acceptors (Lipinski definition) is 3. The first kappa shape index (κ1) is 11.9. The summed E-state index contributed by atoms with van der Waals surface area (Å²) in [6.45, 7) is 2.25. The van der Waals surface area contributed by atoms with Gasteiger partial charge in [-0.1, -0.05) is 5.16 Å². The first-order valence-electron chi connectivity index (χ1n) is 6.13. The minimum atomic E-state index is 0. The summed E-state index contributed by atoms with van der Waals surface area (Å²) in [5, 5.41) is 7.63. The van der Waals surface area contributed by atoms with Gasteiger partial charge in [0.1, 0.15) is 5.76 Å². The molecule has 2 aliphatic rings. The number of halogens is 1. The topological polar surface area (TPSA) is 38.1 Å².